The average Bonchev–Trinajstić information content (AvgIpc) is 2.81. The first-order chi connectivity index (χ1) is 9.10. The highest BCUT2D eigenvalue weighted by molar-refractivity contribution is 6.08. The van der Waals surface area contributed by atoms with Crippen molar-refractivity contribution in [2.24, 2.45) is 0 Å². The zero-order chi connectivity index (χ0) is 13.8. The number of anilines is 1. The molecule has 0 aliphatic carbocycles. The van der Waals surface area contributed by atoms with E-state index in [2.05, 4.69) is 0 Å². The number of carbonyl (C=O) groups is 1. The third-order valence-corrected chi connectivity index (χ3v) is 2.65. The maximum atomic E-state index is 12.1. The van der Waals surface area contributed by atoms with Gasteiger partial charge in [-0.3, -0.25) is 4.79 Å². The van der Waals surface area contributed by atoms with E-state index in [-0.39, 0.29) is 5.78 Å². The molecule has 4 nitrogen and oxygen atoms in total. The van der Waals surface area contributed by atoms with Gasteiger partial charge in [0.25, 0.3) is 0 Å². The summed E-state index contributed by atoms with van der Waals surface area (Å²) in [4.78, 5) is 12.1. The lowest BCUT2D eigenvalue weighted by Gasteiger charge is -2.06. The van der Waals surface area contributed by atoms with Crippen molar-refractivity contribution in [1.82, 2.24) is 0 Å². The van der Waals surface area contributed by atoms with Gasteiger partial charge in [-0.05, 0) is 43.3 Å². The van der Waals surface area contributed by atoms with E-state index >= 15 is 0 Å². The van der Waals surface area contributed by atoms with Crippen molar-refractivity contribution < 1.29 is 13.9 Å². The van der Waals surface area contributed by atoms with Gasteiger partial charge < -0.3 is 14.9 Å². The molecule has 2 N–H and O–H groups in total. The number of hydrogen-bond acceptors (Lipinski definition) is 4. The van der Waals surface area contributed by atoms with Crippen molar-refractivity contribution in [2.75, 3.05) is 12.8 Å². The SMILES string of the molecule is COc1cc(N)ccc1C(=O)/C=C/c1ccc(C)o1. The summed E-state index contributed by atoms with van der Waals surface area (Å²) >= 11 is 0. The summed E-state index contributed by atoms with van der Waals surface area (Å²) in [6.45, 7) is 1.85. The van der Waals surface area contributed by atoms with Gasteiger partial charge in [0.15, 0.2) is 5.78 Å². The van der Waals surface area contributed by atoms with E-state index in [4.69, 9.17) is 14.9 Å². The summed E-state index contributed by atoms with van der Waals surface area (Å²) in [5.74, 6) is 1.74. The van der Waals surface area contributed by atoms with Crippen LogP contribution in [0, 0.1) is 6.92 Å². The number of hydrogen-bond donors (Lipinski definition) is 1. The van der Waals surface area contributed by atoms with Crippen LogP contribution in [0.3, 0.4) is 0 Å². The van der Waals surface area contributed by atoms with E-state index in [1.165, 1.54) is 13.2 Å². The highest BCUT2D eigenvalue weighted by Gasteiger charge is 2.09. The monoisotopic (exact) mass is 257 g/mol. The van der Waals surface area contributed by atoms with Crippen molar-refractivity contribution in [3.8, 4) is 5.75 Å². The number of rotatable bonds is 4. The van der Waals surface area contributed by atoms with Crippen LogP contribution < -0.4 is 10.5 Å². The first-order valence-electron chi connectivity index (χ1n) is 5.82. The van der Waals surface area contributed by atoms with Gasteiger partial charge in [0.05, 0.1) is 12.7 Å². The topological polar surface area (TPSA) is 65.5 Å². The van der Waals surface area contributed by atoms with Crippen molar-refractivity contribution >= 4 is 17.5 Å². The number of aryl methyl sites for hydroxylation is 1. The van der Waals surface area contributed by atoms with Gasteiger partial charge in [-0.15, -0.1) is 0 Å². The van der Waals surface area contributed by atoms with Crippen molar-refractivity contribution in [3.63, 3.8) is 0 Å². The fourth-order valence-corrected chi connectivity index (χ4v) is 1.70. The number of allylic oxidation sites excluding steroid dienone is 1. The molecule has 0 atom stereocenters. The van der Waals surface area contributed by atoms with Gasteiger partial charge >= 0.3 is 0 Å². The molecule has 1 aromatic heterocycles. The Kier molecular flexibility index (Phi) is 3.71. The Balaban J connectivity index is 2.22. The molecule has 1 aromatic carbocycles. The molecule has 0 aliphatic rings. The normalized spacial score (nSPS) is 10.8. The van der Waals surface area contributed by atoms with Gasteiger partial charge in [-0.25, -0.2) is 0 Å². The summed E-state index contributed by atoms with van der Waals surface area (Å²) in [6.07, 6.45) is 3.08. The fraction of sp³-hybridized carbons (Fsp3) is 0.133. The number of ketones is 1. The molecule has 0 spiro atoms. The number of carbonyl (C=O) groups excluding carboxylic acids is 1. The Morgan fingerprint density at radius 3 is 2.74 bits per heavy atom. The summed E-state index contributed by atoms with van der Waals surface area (Å²) < 4.78 is 10.5. The molecule has 2 rings (SSSR count). The van der Waals surface area contributed by atoms with Gasteiger partial charge in [0.2, 0.25) is 0 Å². The van der Waals surface area contributed by atoms with Crippen LogP contribution in [-0.2, 0) is 0 Å². The molecule has 0 aliphatic heterocycles. The largest absolute Gasteiger partial charge is 0.496 e. The highest BCUT2D eigenvalue weighted by Crippen LogP contribution is 2.22. The van der Waals surface area contributed by atoms with Gasteiger partial charge in [-0.1, -0.05) is 0 Å². The smallest absolute Gasteiger partial charge is 0.189 e. The zero-order valence-corrected chi connectivity index (χ0v) is 10.8. The van der Waals surface area contributed by atoms with Crippen molar-refractivity contribution in [3.05, 3.63) is 53.5 Å². The zero-order valence-electron chi connectivity index (χ0n) is 10.8. The third kappa shape index (κ3) is 3.04. The van der Waals surface area contributed by atoms with Crippen LogP contribution >= 0.6 is 0 Å². The van der Waals surface area contributed by atoms with Crippen LogP contribution in [0.15, 0.2) is 40.8 Å². The summed E-state index contributed by atoms with van der Waals surface area (Å²) in [7, 11) is 1.51. The summed E-state index contributed by atoms with van der Waals surface area (Å²) in [6, 6.07) is 8.58. The van der Waals surface area contributed by atoms with E-state index in [0.717, 1.165) is 5.76 Å². The number of nitrogen functional groups attached to an aromatic ring is 1. The number of methoxy groups -OCH3 is 1. The van der Waals surface area contributed by atoms with Gasteiger partial charge in [-0.2, -0.15) is 0 Å². The number of nitrogens with two attached hydrogens (primary N) is 1. The first kappa shape index (κ1) is 13.0. The van der Waals surface area contributed by atoms with Gasteiger partial charge in [0, 0.05) is 11.8 Å². The van der Waals surface area contributed by atoms with Crippen LogP contribution in [0.25, 0.3) is 6.08 Å². The molecule has 0 saturated heterocycles. The minimum atomic E-state index is -0.161. The second-order valence-corrected chi connectivity index (χ2v) is 4.11. The number of benzene rings is 1. The molecule has 0 radical (unpaired) electrons. The second-order valence-electron chi connectivity index (χ2n) is 4.11. The predicted molar refractivity (Wildman–Crippen MR) is 74.2 cm³/mol. The lowest BCUT2D eigenvalue weighted by atomic mass is 10.1. The lowest BCUT2D eigenvalue weighted by molar-refractivity contribution is 0.104. The van der Waals surface area contributed by atoms with E-state index in [0.29, 0.717) is 22.8 Å². The standard InChI is InChI=1S/C15H15NO3/c1-10-3-5-12(19-10)6-8-14(17)13-7-4-11(16)9-15(13)18-2/h3-9H,16H2,1-2H3/b8-6+. The number of furan rings is 1. The molecular weight excluding hydrogens is 242 g/mol. The Hall–Kier alpha value is -2.49. The van der Waals surface area contributed by atoms with E-state index in [1.54, 1.807) is 30.3 Å². The van der Waals surface area contributed by atoms with Crippen molar-refractivity contribution in [1.29, 1.82) is 0 Å². The van der Waals surface area contributed by atoms with E-state index in [1.807, 2.05) is 13.0 Å². The van der Waals surface area contributed by atoms with E-state index in [9.17, 15) is 4.79 Å². The molecule has 98 valence electrons. The second kappa shape index (κ2) is 5.44. The molecule has 0 saturated carbocycles. The predicted octanol–water partition coefficient (Wildman–Crippen LogP) is 3.07. The number of ether oxygens (including phenoxy) is 1. The molecule has 0 bridgehead atoms. The molecule has 19 heavy (non-hydrogen) atoms. The Morgan fingerprint density at radius 1 is 1.32 bits per heavy atom. The maximum Gasteiger partial charge on any atom is 0.189 e. The Morgan fingerprint density at radius 2 is 2.11 bits per heavy atom. The fourth-order valence-electron chi connectivity index (χ4n) is 1.70. The Labute approximate surface area is 111 Å². The van der Waals surface area contributed by atoms with Crippen LogP contribution in [-0.4, -0.2) is 12.9 Å². The van der Waals surface area contributed by atoms with E-state index < -0.39 is 0 Å². The minimum Gasteiger partial charge on any atom is -0.496 e. The van der Waals surface area contributed by atoms with Crippen LogP contribution in [0.1, 0.15) is 21.9 Å². The average molecular weight is 257 g/mol. The highest BCUT2D eigenvalue weighted by atomic mass is 16.5. The Bertz CT molecular complexity index is 626. The third-order valence-electron chi connectivity index (χ3n) is 2.65. The molecule has 2 aromatic rings. The lowest BCUT2D eigenvalue weighted by Crippen LogP contribution is -2.00. The van der Waals surface area contributed by atoms with Gasteiger partial charge in [0.1, 0.15) is 17.3 Å². The minimum absolute atomic E-state index is 0.161. The van der Waals surface area contributed by atoms with Crippen LogP contribution in [0.2, 0.25) is 0 Å². The quantitative estimate of drug-likeness (QED) is 0.519. The molecule has 1 heterocycles. The molecule has 0 fully saturated rings. The maximum absolute atomic E-state index is 12.1. The summed E-state index contributed by atoms with van der Waals surface area (Å²) in [5, 5.41) is 0. The van der Waals surface area contributed by atoms with Crippen LogP contribution in [0.4, 0.5) is 5.69 Å². The molecular formula is C15H15NO3. The van der Waals surface area contributed by atoms with Crippen LogP contribution in [0.5, 0.6) is 5.75 Å². The first-order valence-corrected chi connectivity index (χ1v) is 5.82. The molecule has 4 heteroatoms. The molecule has 0 unspecified atom stereocenters. The molecule has 0 amide bonds. The van der Waals surface area contributed by atoms with Crippen molar-refractivity contribution in [2.45, 2.75) is 6.92 Å². The summed E-state index contributed by atoms with van der Waals surface area (Å²) in [5.41, 5.74) is 6.67.